The molecule has 2 heterocycles. The molecule has 0 unspecified atom stereocenters. The minimum Gasteiger partial charge on any atom is -0.356 e. The number of hydrogen-bond acceptors (Lipinski definition) is 5. The number of nitrogen functional groups attached to an aromatic ring is 1. The summed E-state index contributed by atoms with van der Waals surface area (Å²) in [4.78, 5) is 11.5. The van der Waals surface area contributed by atoms with Crippen LogP contribution in [0.25, 0.3) is 0 Å². The normalized spacial score (nSPS) is 16.7. The second-order valence-electron chi connectivity index (χ2n) is 5.27. The summed E-state index contributed by atoms with van der Waals surface area (Å²) in [6.45, 7) is 8.56. The molecule has 0 saturated carbocycles. The minimum absolute atomic E-state index is 0.750. The van der Waals surface area contributed by atoms with Gasteiger partial charge in [0.2, 0.25) is 0 Å². The van der Waals surface area contributed by atoms with E-state index in [1.165, 1.54) is 19.3 Å². The fourth-order valence-electron chi connectivity index (χ4n) is 2.71. The molecule has 106 valence electrons. The summed E-state index contributed by atoms with van der Waals surface area (Å²) in [7, 11) is 0. The van der Waals surface area contributed by atoms with Crippen molar-refractivity contribution in [2.24, 2.45) is 11.8 Å². The van der Waals surface area contributed by atoms with Crippen LogP contribution in [0.3, 0.4) is 0 Å². The van der Waals surface area contributed by atoms with Crippen LogP contribution in [-0.4, -0.2) is 23.1 Å². The van der Waals surface area contributed by atoms with Gasteiger partial charge in [-0.2, -0.15) is 0 Å². The van der Waals surface area contributed by atoms with Gasteiger partial charge in [0.1, 0.15) is 17.5 Å². The molecule has 0 amide bonds. The predicted octanol–water partition coefficient (Wildman–Crippen LogP) is 2.26. The second kappa shape index (κ2) is 6.19. The minimum atomic E-state index is 0.750. The summed E-state index contributed by atoms with van der Waals surface area (Å²) in [6, 6.07) is 0. The van der Waals surface area contributed by atoms with Gasteiger partial charge in [0, 0.05) is 25.1 Å². The summed E-state index contributed by atoms with van der Waals surface area (Å²) in [5.41, 5.74) is 3.74. The van der Waals surface area contributed by atoms with Crippen molar-refractivity contribution in [3.8, 4) is 0 Å². The lowest BCUT2D eigenvalue weighted by Crippen LogP contribution is -2.35. The Morgan fingerprint density at radius 1 is 1.26 bits per heavy atom. The monoisotopic (exact) mass is 263 g/mol. The van der Waals surface area contributed by atoms with E-state index in [9.17, 15) is 0 Å². The van der Waals surface area contributed by atoms with Gasteiger partial charge in [0.05, 0.1) is 0 Å². The zero-order valence-electron chi connectivity index (χ0n) is 12.2. The molecule has 0 aliphatic carbocycles. The van der Waals surface area contributed by atoms with Gasteiger partial charge in [-0.3, -0.25) is 0 Å². The van der Waals surface area contributed by atoms with Gasteiger partial charge in [0.15, 0.2) is 0 Å². The molecule has 3 N–H and O–H groups in total. The molecule has 0 radical (unpaired) electrons. The Labute approximate surface area is 115 Å². The van der Waals surface area contributed by atoms with E-state index in [4.69, 9.17) is 10.8 Å². The van der Waals surface area contributed by atoms with Crippen molar-refractivity contribution in [3.05, 3.63) is 11.4 Å². The average Bonchev–Trinajstić information content (AvgIpc) is 2.47. The van der Waals surface area contributed by atoms with E-state index in [1.807, 2.05) is 6.92 Å². The standard InChI is InChI=1S/C14H25N5/c1-4-11-6-8-19(9-7-11)14-10(3)13(18-15)16-12(5-2)17-14/h11H,4-9,15H2,1-3H3,(H,16,17,18). The molecule has 19 heavy (non-hydrogen) atoms. The van der Waals surface area contributed by atoms with Gasteiger partial charge in [0.25, 0.3) is 0 Å². The lowest BCUT2D eigenvalue weighted by atomic mass is 9.94. The highest BCUT2D eigenvalue weighted by Crippen LogP contribution is 2.28. The van der Waals surface area contributed by atoms with E-state index in [0.29, 0.717) is 0 Å². The van der Waals surface area contributed by atoms with Crippen LogP contribution in [0.5, 0.6) is 0 Å². The van der Waals surface area contributed by atoms with E-state index >= 15 is 0 Å². The zero-order chi connectivity index (χ0) is 13.8. The van der Waals surface area contributed by atoms with Crippen LogP contribution >= 0.6 is 0 Å². The van der Waals surface area contributed by atoms with Gasteiger partial charge in [-0.1, -0.05) is 20.3 Å². The fraction of sp³-hybridized carbons (Fsp3) is 0.714. The largest absolute Gasteiger partial charge is 0.356 e. The molecular weight excluding hydrogens is 238 g/mol. The number of nitrogens with two attached hydrogens (primary N) is 1. The van der Waals surface area contributed by atoms with Crippen LogP contribution in [0.15, 0.2) is 0 Å². The molecule has 5 nitrogen and oxygen atoms in total. The number of aromatic nitrogens is 2. The summed E-state index contributed by atoms with van der Waals surface area (Å²) in [5, 5.41) is 0. The number of nitrogens with one attached hydrogen (secondary N) is 1. The number of piperidine rings is 1. The van der Waals surface area contributed by atoms with Crippen LogP contribution in [-0.2, 0) is 6.42 Å². The Hall–Kier alpha value is -1.36. The van der Waals surface area contributed by atoms with E-state index in [0.717, 1.165) is 48.5 Å². The lowest BCUT2D eigenvalue weighted by molar-refractivity contribution is 0.393. The van der Waals surface area contributed by atoms with Gasteiger partial charge >= 0.3 is 0 Å². The van der Waals surface area contributed by atoms with Crippen molar-refractivity contribution in [2.75, 3.05) is 23.4 Å². The number of nitrogens with zero attached hydrogens (tertiary/aromatic N) is 3. The van der Waals surface area contributed by atoms with Crippen molar-refractivity contribution in [1.82, 2.24) is 9.97 Å². The molecule has 0 spiro atoms. The van der Waals surface area contributed by atoms with Crippen LogP contribution in [0, 0.1) is 12.8 Å². The molecule has 1 saturated heterocycles. The third kappa shape index (κ3) is 2.97. The Kier molecular flexibility index (Phi) is 4.58. The van der Waals surface area contributed by atoms with Gasteiger partial charge in [-0.25, -0.2) is 15.8 Å². The first-order chi connectivity index (χ1) is 9.19. The molecule has 0 aromatic carbocycles. The highest BCUT2D eigenvalue weighted by Gasteiger charge is 2.22. The zero-order valence-corrected chi connectivity index (χ0v) is 12.2. The third-order valence-electron chi connectivity index (χ3n) is 4.11. The molecular formula is C14H25N5. The molecule has 1 aromatic heterocycles. The van der Waals surface area contributed by atoms with Crippen molar-refractivity contribution < 1.29 is 0 Å². The molecule has 2 rings (SSSR count). The smallest absolute Gasteiger partial charge is 0.148 e. The van der Waals surface area contributed by atoms with Crippen molar-refractivity contribution in [1.29, 1.82) is 0 Å². The first-order valence-electron chi connectivity index (χ1n) is 7.28. The predicted molar refractivity (Wildman–Crippen MR) is 79.2 cm³/mol. The molecule has 1 aliphatic heterocycles. The third-order valence-corrected chi connectivity index (χ3v) is 4.11. The van der Waals surface area contributed by atoms with E-state index in [2.05, 4.69) is 29.2 Å². The molecule has 1 aromatic rings. The lowest BCUT2D eigenvalue weighted by Gasteiger charge is -2.33. The number of hydrogen-bond donors (Lipinski definition) is 2. The second-order valence-corrected chi connectivity index (χ2v) is 5.27. The summed E-state index contributed by atoms with van der Waals surface area (Å²) < 4.78 is 0. The molecule has 1 aliphatic rings. The van der Waals surface area contributed by atoms with E-state index in [1.54, 1.807) is 0 Å². The summed E-state index contributed by atoms with van der Waals surface area (Å²) in [5.74, 6) is 9.08. The number of hydrazine groups is 1. The van der Waals surface area contributed by atoms with Gasteiger partial charge < -0.3 is 10.3 Å². The van der Waals surface area contributed by atoms with E-state index < -0.39 is 0 Å². The molecule has 1 fully saturated rings. The maximum Gasteiger partial charge on any atom is 0.148 e. The van der Waals surface area contributed by atoms with Crippen LogP contribution < -0.4 is 16.2 Å². The molecule has 5 heteroatoms. The van der Waals surface area contributed by atoms with Crippen LogP contribution in [0.4, 0.5) is 11.6 Å². The Morgan fingerprint density at radius 3 is 2.47 bits per heavy atom. The summed E-state index contributed by atoms with van der Waals surface area (Å²) >= 11 is 0. The van der Waals surface area contributed by atoms with Gasteiger partial charge in [-0.15, -0.1) is 0 Å². The number of rotatable bonds is 4. The Bertz CT molecular complexity index is 424. The maximum absolute atomic E-state index is 5.56. The van der Waals surface area contributed by atoms with E-state index in [-0.39, 0.29) is 0 Å². The van der Waals surface area contributed by atoms with Crippen LogP contribution in [0.1, 0.15) is 44.5 Å². The topological polar surface area (TPSA) is 67.1 Å². The first kappa shape index (κ1) is 14.1. The highest BCUT2D eigenvalue weighted by atomic mass is 15.3. The maximum atomic E-state index is 5.56. The highest BCUT2D eigenvalue weighted by molar-refractivity contribution is 5.58. The Morgan fingerprint density at radius 2 is 1.95 bits per heavy atom. The quantitative estimate of drug-likeness (QED) is 0.644. The number of anilines is 2. The number of aryl methyl sites for hydroxylation is 1. The summed E-state index contributed by atoms with van der Waals surface area (Å²) in [6.07, 6.45) is 4.62. The first-order valence-corrected chi connectivity index (χ1v) is 7.28. The van der Waals surface area contributed by atoms with Crippen molar-refractivity contribution in [2.45, 2.75) is 46.5 Å². The average molecular weight is 263 g/mol. The Balaban J connectivity index is 2.24. The SMILES string of the molecule is CCc1nc(NN)c(C)c(N2CCC(CC)CC2)n1. The molecule has 0 bridgehead atoms. The fourth-order valence-corrected chi connectivity index (χ4v) is 2.71. The van der Waals surface area contributed by atoms with Gasteiger partial charge in [-0.05, 0) is 25.7 Å². The van der Waals surface area contributed by atoms with Crippen molar-refractivity contribution >= 4 is 11.6 Å². The van der Waals surface area contributed by atoms with Crippen LogP contribution in [0.2, 0.25) is 0 Å². The van der Waals surface area contributed by atoms with Crippen molar-refractivity contribution in [3.63, 3.8) is 0 Å². The molecule has 0 atom stereocenters.